The van der Waals surface area contributed by atoms with Crippen LogP contribution in [0.2, 0.25) is 10.0 Å². The van der Waals surface area contributed by atoms with Crippen LogP contribution in [0.1, 0.15) is 18.4 Å². The maximum atomic E-state index is 11.9. The highest BCUT2D eigenvalue weighted by atomic mass is 35.5. The number of anilines is 2. The molecule has 0 saturated heterocycles. The lowest BCUT2D eigenvalue weighted by Gasteiger charge is -2.16. The lowest BCUT2D eigenvalue weighted by Crippen LogP contribution is -2.08. The zero-order chi connectivity index (χ0) is 22.8. The fraction of sp³-hybridized carbons (Fsp3) is 0.240. The van der Waals surface area contributed by atoms with E-state index in [1.54, 1.807) is 18.2 Å². The van der Waals surface area contributed by atoms with Crippen molar-refractivity contribution in [2.75, 3.05) is 25.6 Å². The van der Waals surface area contributed by atoms with Crippen molar-refractivity contribution < 1.29 is 19.0 Å². The third kappa shape index (κ3) is 7.08. The molecule has 0 radical (unpaired) electrons. The molecule has 0 heterocycles. The predicted octanol–water partition coefficient (Wildman–Crippen LogP) is 6.69. The number of benzene rings is 3. The highest BCUT2D eigenvalue weighted by Crippen LogP contribution is 2.34. The molecule has 3 aromatic carbocycles. The van der Waals surface area contributed by atoms with Gasteiger partial charge in [0.15, 0.2) is 0 Å². The number of esters is 1. The number of methoxy groups -OCH3 is 1. The van der Waals surface area contributed by atoms with E-state index in [0.29, 0.717) is 40.4 Å². The molecule has 1 N–H and O–H groups in total. The Morgan fingerprint density at radius 3 is 2.16 bits per heavy atom. The molecule has 0 amide bonds. The molecule has 0 saturated carbocycles. The van der Waals surface area contributed by atoms with E-state index in [1.807, 2.05) is 48.5 Å². The molecular weight excluding hydrogens is 449 g/mol. The van der Waals surface area contributed by atoms with Crippen molar-refractivity contribution in [3.63, 3.8) is 0 Å². The van der Waals surface area contributed by atoms with Crippen LogP contribution in [0.5, 0.6) is 11.5 Å². The van der Waals surface area contributed by atoms with Gasteiger partial charge in [0.1, 0.15) is 11.5 Å². The van der Waals surface area contributed by atoms with Crippen molar-refractivity contribution in [2.45, 2.75) is 19.3 Å². The van der Waals surface area contributed by atoms with Crippen molar-refractivity contribution in [3.8, 4) is 11.5 Å². The van der Waals surface area contributed by atoms with E-state index >= 15 is 0 Å². The van der Waals surface area contributed by atoms with E-state index < -0.39 is 0 Å². The molecule has 3 aromatic rings. The van der Waals surface area contributed by atoms with Gasteiger partial charge in [-0.1, -0.05) is 47.5 Å². The highest BCUT2D eigenvalue weighted by Gasteiger charge is 2.13. The van der Waals surface area contributed by atoms with Gasteiger partial charge in [-0.05, 0) is 60.9 Å². The molecule has 5 nitrogen and oxygen atoms in total. The van der Waals surface area contributed by atoms with Crippen LogP contribution < -0.4 is 14.8 Å². The van der Waals surface area contributed by atoms with Crippen molar-refractivity contribution in [1.29, 1.82) is 0 Å². The van der Waals surface area contributed by atoms with E-state index in [4.69, 9.17) is 37.4 Å². The van der Waals surface area contributed by atoms with Gasteiger partial charge < -0.3 is 19.5 Å². The van der Waals surface area contributed by atoms with Crippen LogP contribution in [-0.2, 0) is 16.0 Å². The molecule has 0 spiro atoms. The van der Waals surface area contributed by atoms with E-state index in [2.05, 4.69) is 5.32 Å². The fourth-order valence-corrected chi connectivity index (χ4v) is 3.50. The molecule has 32 heavy (non-hydrogen) atoms. The molecular formula is C25H25Cl2NO4. The van der Waals surface area contributed by atoms with Gasteiger partial charge in [0.2, 0.25) is 0 Å². The van der Waals surface area contributed by atoms with Gasteiger partial charge in [0.25, 0.3) is 0 Å². The third-order valence-corrected chi connectivity index (χ3v) is 5.31. The Hall–Kier alpha value is -2.89. The molecule has 0 unspecified atom stereocenters. The van der Waals surface area contributed by atoms with Crippen LogP contribution in [0.15, 0.2) is 66.7 Å². The number of nitrogens with one attached hydrogen (secondary N) is 1. The smallest absolute Gasteiger partial charge is 0.310 e. The van der Waals surface area contributed by atoms with Crippen LogP contribution in [0.4, 0.5) is 11.4 Å². The Kier molecular flexibility index (Phi) is 9.08. The van der Waals surface area contributed by atoms with E-state index in [9.17, 15) is 4.79 Å². The molecule has 0 aliphatic rings. The zero-order valence-electron chi connectivity index (χ0n) is 17.8. The Morgan fingerprint density at radius 1 is 0.844 bits per heavy atom. The quantitative estimate of drug-likeness (QED) is 0.248. The van der Waals surface area contributed by atoms with E-state index in [-0.39, 0.29) is 12.4 Å². The number of para-hydroxylation sites is 2. The second kappa shape index (κ2) is 12.2. The average Bonchev–Trinajstić information content (AvgIpc) is 2.80. The van der Waals surface area contributed by atoms with E-state index in [1.165, 1.54) is 7.11 Å². The summed E-state index contributed by atoms with van der Waals surface area (Å²) in [5, 5.41) is 4.19. The molecule has 0 aromatic heterocycles. The normalized spacial score (nSPS) is 10.5. The number of carbonyl (C=O) groups is 1. The number of halogens is 2. The average molecular weight is 474 g/mol. The summed E-state index contributed by atoms with van der Waals surface area (Å²) in [6, 6.07) is 20.5. The highest BCUT2D eigenvalue weighted by molar-refractivity contribution is 6.39. The minimum atomic E-state index is -0.353. The molecule has 7 heteroatoms. The largest absolute Gasteiger partial charge is 0.494 e. The molecule has 3 rings (SSSR count). The molecule has 168 valence electrons. The Morgan fingerprint density at radius 2 is 1.50 bits per heavy atom. The summed E-state index contributed by atoms with van der Waals surface area (Å²) < 4.78 is 16.4. The van der Waals surface area contributed by atoms with Crippen molar-refractivity contribution in [3.05, 3.63) is 82.3 Å². The SMILES string of the molecule is COC(=O)Cc1cc(OCCCCOc2ccccc2)ccc1Nc1c(Cl)cccc1Cl. The number of rotatable bonds is 11. The number of hydrogen-bond donors (Lipinski definition) is 1. The van der Waals surface area contributed by atoms with Crippen molar-refractivity contribution in [1.82, 2.24) is 0 Å². The van der Waals surface area contributed by atoms with Crippen molar-refractivity contribution in [2.24, 2.45) is 0 Å². The Bertz CT molecular complexity index is 1010. The maximum Gasteiger partial charge on any atom is 0.310 e. The van der Waals surface area contributed by atoms with Gasteiger partial charge in [0.05, 0.1) is 42.5 Å². The number of unbranched alkanes of at least 4 members (excludes halogenated alkanes) is 1. The summed E-state index contributed by atoms with van der Waals surface area (Å²) in [7, 11) is 1.36. The number of ether oxygens (including phenoxy) is 3. The second-order valence-electron chi connectivity index (χ2n) is 7.01. The molecule has 0 bridgehead atoms. The summed E-state index contributed by atoms with van der Waals surface area (Å²) in [5.41, 5.74) is 2.00. The van der Waals surface area contributed by atoms with Crippen LogP contribution >= 0.6 is 23.2 Å². The molecule has 0 aliphatic heterocycles. The predicted molar refractivity (Wildman–Crippen MR) is 129 cm³/mol. The van der Waals surface area contributed by atoms with Crippen molar-refractivity contribution >= 4 is 40.5 Å². The van der Waals surface area contributed by atoms with Gasteiger partial charge in [0, 0.05) is 5.69 Å². The second-order valence-corrected chi connectivity index (χ2v) is 7.83. The van der Waals surface area contributed by atoms with Gasteiger partial charge in [-0.2, -0.15) is 0 Å². The number of carbonyl (C=O) groups excluding carboxylic acids is 1. The van der Waals surface area contributed by atoms with Crippen LogP contribution in [0, 0.1) is 0 Å². The standard InChI is InChI=1S/C25H25Cl2NO4/c1-30-24(29)17-18-16-20(32-15-6-5-14-31-19-8-3-2-4-9-19)12-13-23(18)28-25-21(26)10-7-11-22(25)27/h2-4,7-13,16,28H,5-6,14-15,17H2,1H3. The first kappa shape index (κ1) is 23.8. The first-order chi connectivity index (χ1) is 15.6. The van der Waals surface area contributed by atoms with Gasteiger partial charge in [-0.15, -0.1) is 0 Å². The fourth-order valence-electron chi connectivity index (χ4n) is 3.01. The minimum Gasteiger partial charge on any atom is -0.494 e. The first-order valence-electron chi connectivity index (χ1n) is 10.3. The Balaban J connectivity index is 1.59. The lowest BCUT2D eigenvalue weighted by atomic mass is 10.1. The third-order valence-electron chi connectivity index (χ3n) is 4.68. The van der Waals surface area contributed by atoms with Gasteiger partial charge >= 0.3 is 5.97 Å². The summed E-state index contributed by atoms with van der Waals surface area (Å²) in [4.78, 5) is 11.9. The van der Waals surface area contributed by atoms with Gasteiger partial charge in [-0.3, -0.25) is 4.79 Å². The summed E-state index contributed by atoms with van der Waals surface area (Å²) in [6.07, 6.45) is 1.80. The van der Waals surface area contributed by atoms with E-state index in [0.717, 1.165) is 24.2 Å². The minimum absolute atomic E-state index is 0.0863. The maximum absolute atomic E-state index is 11.9. The summed E-state index contributed by atoms with van der Waals surface area (Å²) in [6.45, 7) is 1.17. The Labute approximate surface area is 198 Å². The zero-order valence-corrected chi connectivity index (χ0v) is 19.3. The first-order valence-corrected chi connectivity index (χ1v) is 11.0. The van der Waals surface area contributed by atoms with Crippen LogP contribution in [0.3, 0.4) is 0 Å². The summed E-state index contributed by atoms with van der Waals surface area (Å²) >= 11 is 12.5. The number of hydrogen-bond acceptors (Lipinski definition) is 5. The van der Waals surface area contributed by atoms with Gasteiger partial charge in [-0.25, -0.2) is 0 Å². The topological polar surface area (TPSA) is 56.8 Å². The monoisotopic (exact) mass is 473 g/mol. The van der Waals surface area contributed by atoms with Crippen LogP contribution in [0.25, 0.3) is 0 Å². The van der Waals surface area contributed by atoms with Crippen LogP contribution in [-0.4, -0.2) is 26.3 Å². The molecule has 0 atom stereocenters. The molecule has 0 fully saturated rings. The molecule has 0 aliphatic carbocycles. The lowest BCUT2D eigenvalue weighted by molar-refractivity contribution is -0.139. The summed E-state index contributed by atoms with van der Waals surface area (Å²) in [5.74, 6) is 1.18.